The average Bonchev–Trinajstić information content (AvgIpc) is 2.04. The quantitative estimate of drug-likeness (QED) is 0.640. The predicted molar refractivity (Wildman–Crippen MR) is 48.8 cm³/mol. The number of rotatable bonds is 1. The van der Waals surface area contributed by atoms with E-state index in [4.69, 9.17) is 5.41 Å². The standard InChI is InChI=1S/C9H14N2O2/c1-6(12)8-5-11(7(2)13)4-3-9(8)10/h8,10H,3-5H2,1-2H3. The summed E-state index contributed by atoms with van der Waals surface area (Å²) in [6.45, 7) is 3.94. The highest BCUT2D eigenvalue weighted by molar-refractivity contribution is 6.04. The number of Topliss-reactive ketones (excluding diaryl/α,β-unsaturated/α-hetero) is 1. The second-order valence-electron chi connectivity index (χ2n) is 3.40. The van der Waals surface area contributed by atoms with Crippen molar-refractivity contribution in [2.75, 3.05) is 13.1 Å². The van der Waals surface area contributed by atoms with Gasteiger partial charge in [-0.05, 0) is 6.92 Å². The van der Waals surface area contributed by atoms with Gasteiger partial charge in [-0.2, -0.15) is 0 Å². The minimum atomic E-state index is -0.363. The van der Waals surface area contributed by atoms with Crippen molar-refractivity contribution in [3.05, 3.63) is 0 Å². The van der Waals surface area contributed by atoms with E-state index in [-0.39, 0.29) is 17.6 Å². The highest BCUT2D eigenvalue weighted by Crippen LogP contribution is 2.14. The highest BCUT2D eigenvalue weighted by Gasteiger charge is 2.28. The second kappa shape index (κ2) is 3.68. The van der Waals surface area contributed by atoms with E-state index in [1.807, 2.05) is 0 Å². The Balaban J connectivity index is 2.68. The molecule has 1 fully saturated rings. The number of piperidine rings is 1. The molecule has 0 aromatic rings. The predicted octanol–water partition coefficient (Wildman–Crippen LogP) is 0.464. The third-order valence-corrected chi connectivity index (χ3v) is 2.41. The number of carbonyl (C=O) groups excluding carboxylic acids is 2. The molecule has 0 spiro atoms. The Bertz CT molecular complexity index is 260. The fourth-order valence-electron chi connectivity index (χ4n) is 1.51. The first-order chi connectivity index (χ1) is 6.02. The van der Waals surface area contributed by atoms with E-state index in [2.05, 4.69) is 0 Å². The molecule has 1 aliphatic heterocycles. The van der Waals surface area contributed by atoms with Gasteiger partial charge >= 0.3 is 0 Å². The van der Waals surface area contributed by atoms with Crippen molar-refractivity contribution in [1.29, 1.82) is 5.41 Å². The largest absolute Gasteiger partial charge is 0.341 e. The number of amides is 1. The zero-order valence-corrected chi connectivity index (χ0v) is 7.96. The number of hydrogen-bond donors (Lipinski definition) is 1. The highest BCUT2D eigenvalue weighted by atomic mass is 16.2. The van der Waals surface area contributed by atoms with Crippen LogP contribution in [-0.4, -0.2) is 35.4 Å². The van der Waals surface area contributed by atoms with Crippen molar-refractivity contribution in [2.24, 2.45) is 5.92 Å². The van der Waals surface area contributed by atoms with Crippen LogP contribution in [0.3, 0.4) is 0 Å². The Morgan fingerprint density at radius 3 is 2.54 bits per heavy atom. The number of nitrogens with one attached hydrogen (secondary N) is 1. The molecule has 1 amide bonds. The lowest BCUT2D eigenvalue weighted by molar-refractivity contribution is -0.130. The summed E-state index contributed by atoms with van der Waals surface area (Å²) in [6, 6.07) is 0. The number of likely N-dealkylation sites (tertiary alicyclic amines) is 1. The van der Waals surface area contributed by atoms with Gasteiger partial charge in [0.25, 0.3) is 0 Å². The Morgan fingerprint density at radius 2 is 2.08 bits per heavy atom. The molecule has 0 bridgehead atoms. The first kappa shape index (κ1) is 9.89. The molecule has 0 aromatic heterocycles. The van der Waals surface area contributed by atoms with Gasteiger partial charge in [-0.1, -0.05) is 0 Å². The van der Waals surface area contributed by atoms with Crippen LogP contribution >= 0.6 is 0 Å². The van der Waals surface area contributed by atoms with Gasteiger partial charge in [-0.15, -0.1) is 0 Å². The van der Waals surface area contributed by atoms with E-state index < -0.39 is 0 Å². The maximum absolute atomic E-state index is 11.1. The molecule has 72 valence electrons. The summed E-state index contributed by atoms with van der Waals surface area (Å²) in [5.41, 5.74) is 0.463. The molecule has 1 heterocycles. The third-order valence-electron chi connectivity index (χ3n) is 2.41. The van der Waals surface area contributed by atoms with Crippen LogP contribution in [-0.2, 0) is 9.59 Å². The van der Waals surface area contributed by atoms with Gasteiger partial charge in [0.2, 0.25) is 5.91 Å². The van der Waals surface area contributed by atoms with Gasteiger partial charge in [0.1, 0.15) is 5.78 Å². The van der Waals surface area contributed by atoms with E-state index in [1.54, 1.807) is 4.90 Å². The fraction of sp³-hybridized carbons (Fsp3) is 0.667. The molecule has 1 N–H and O–H groups in total. The van der Waals surface area contributed by atoms with E-state index in [0.29, 0.717) is 25.2 Å². The van der Waals surface area contributed by atoms with Gasteiger partial charge in [0.05, 0.1) is 5.92 Å². The summed E-state index contributed by atoms with van der Waals surface area (Å²) in [5.74, 6) is -0.396. The number of carbonyl (C=O) groups is 2. The first-order valence-electron chi connectivity index (χ1n) is 4.35. The van der Waals surface area contributed by atoms with Crippen molar-refractivity contribution in [2.45, 2.75) is 20.3 Å². The monoisotopic (exact) mass is 182 g/mol. The lowest BCUT2D eigenvalue weighted by Crippen LogP contribution is -2.45. The van der Waals surface area contributed by atoms with Crippen molar-refractivity contribution in [1.82, 2.24) is 4.90 Å². The van der Waals surface area contributed by atoms with Crippen LogP contribution in [0.2, 0.25) is 0 Å². The molecule has 0 saturated carbocycles. The molecule has 1 saturated heterocycles. The van der Waals surface area contributed by atoms with Crippen LogP contribution in [0, 0.1) is 11.3 Å². The molecular formula is C9H14N2O2. The van der Waals surface area contributed by atoms with Gasteiger partial charge in [0.15, 0.2) is 0 Å². The van der Waals surface area contributed by atoms with Crippen LogP contribution < -0.4 is 0 Å². The van der Waals surface area contributed by atoms with Crippen LogP contribution in [0.1, 0.15) is 20.3 Å². The van der Waals surface area contributed by atoms with E-state index in [9.17, 15) is 9.59 Å². The van der Waals surface area contributed by atoms with Crippen molar-refractivity contribution >= 4 is 17.4 Å². The molecule has 0 aliphatic carbocycles. The summed E-state index contributed by atoms with van der Waals surface area (Å²) in [4.78, 5) is 23.7. The summed E-state index contributed by atoms with van der Waals surface area (Å²) in [6.07, 6.45) is 0.532. The summed E-state index contributed by atoms with van der Waals surface area (Å²) in [7, 11) is 0. The van der Waals surface area contributed by atoms with Gasteiger partial charge in [0, 0.05) is 32.1 Å². The molecular weight excluding hydrogens is 168 g/mol. The lowest BCUT2D eigenvalue weighted by atomic mass is 9.92. The molecule has 4 heteroatoms. The minimum absolute atomic E-state index is 0.0150. The molecule has 1 aliphatic rings. The van der Waals surface area contributed by atoms with Crippen LogP contribution in [0.15, 0.2) is 0 Å². The summed E-state index contributed by atoms with van der Waals surface area (Å²) < 4.78 is 0. The first-order valence-corrected chi connectivity index (χ1v) is 4.35. The average molecular weight is 182 g/mol. The van der Waals surface area contributed by atoms with Gasteiger partial charge in [-0.25, -0.2) is 0 Å². The van der Waals surface area contributed by atoms with E-state index >= 15 is 0 Å². The van der Waals surface area contributed by atoms with Gasteiger partial charge in [-0.3, -0.25) is 9.59 Å². The number of ketones is 1. The lowest BCUT2D eigenvalue weighted by Gasteiger charge is -2.31. The number of nitrogens with zero attached hydrogens (tertiary/aromatic N) is 1. The zero-order chi connectivity index (χ0) is 10.0. The molecule has 1 rings (SSSR count). The van der Waals surface area contributed by atoms with Crippen molar-refractivity contribution in [3.8, 4) is 0 Å². The molecule has 1 unspecified atom stereocenters. The molecule has 13 heavy (non-hydrogen) atoms. The SMILES string of the molecule is CC(=O)C1CN(C(C)=O)CCC1=N. The number of hydrogen-bond acceptors (Lipinski definition) is 3. The molecule has 0 aromatic carbocycles. The normalized spacial score (nSPS) is 23.1. The van der Waals surface area contributed by atoms with Crippen molar-refractivity contribution < 1.29 is 9.59 Å². The van der Waals surface area contributed by atoms with E-state index in [1.165, 1.54) is 13.8 Å². The topological polar surface area (TPSA) is 61.2 Å². The second-order valence-corrected chi connectivity index (χ2v) is 3.40. The van der Waals surface area contributed by atoms with Gasteiger partial charge < -0.3 is 10.3 Å². The van der Waals surface area contributed by atoms with Crippen LogP contribution in [0.4, 0.5) is 0 Å². The summed E-state index contributed by atoms with van der Waals surface area (Å²) in [5, 5.41) is 7.55. The Morgan fingerprint density at radius 1 is 1.46 bits per heavy atom. The zero-order valence-electron chi connectivity index (χ0n) is 7.96. The third kappa shape index (κ3) is 2.14. The minimum Gasteiger partial charge on any atom is -0.341 e. The summed E-state index contributed by atoms with van der Waals surface area (Å²) >= 11 is 0. The maximum atomic E-state index is 11.1. The Kier molecular flexibility index (Phi) is 2.80. The molecule has 4 nitrogen and oxygen atoms in total. The van der Waals surface area contributed by atoms with Crippen LogP contribution in [0.5, 0.6) is 0 Å². The van der Waals surface area contributed by atoms with Crippen molar-refractivity contribution in [3.63, 3.8) is 0 Å². The molecule has 0 radical (unpaired) electrons. The van der Waals surface area contributed by atoms with E-state index in [0.717, 1.165) is 0 Å². The van der Waals surface area contributed by atoms with Crippen LogP contribution in [0.25, 0.3) is 0 Å². The maximum Gasteiger partial charge on any atom is 0.219 e. The smallest absolute Gasteiger partial charge is 0.219 e. The Hall–Kier alpha value is -1.19. The fourth-order valence-corrected chi connectivity index (χ4v) is 1.51. The Labute approximate surface area is 77.4 Å². The molecule has 1 atom stereocenters.